The molecule has 0 aliphatic rings. The summed E-state index contributed by atoms with van der Waals surface area (Å²) in [5, 5.41) is 0. The van der Waals surface area contributed by atoms with Crippen molar-refractivity contribution in [3.05, 3.63) is 54.1 Å². The molecule has 0 saturated heterocycles. The number of hydrogen-bond acceptors (Lipinski definition) is 3. The molecule has 0 unspecified atom stereocenters. The van der Waals surface area contributed by atoms with Crippen molar-refractivity contribution in [2.24, 2.45) is 5.73 Å². The number of aryl methyl sites for hydroxylation is 1. The molecule has 2 N–H and O–H groups in total. The van der Waals surface area contributed by atoms with Gasteiger partial charge in [-0.3, -0.25) is 4.40 Å². The average molecular weight is 238 g/mol. The summed E-state index contributed by atoms with van der Waals surface area (Å²) in [5.74, 6) is 0. The SMILES string of the molecule is Cc1ccc(-c2cc3nc(CN)cn3cn2)cc1. The first-order valence-corrected chi connectivity index (χ1v) is 5.87. The molecular weight excluding hydrogens is 224 g/mol. The van der Waals surface area contributed by atoms with Gasteiger partial charge in [-0.25, -0.2) is 9.97 Å². The van der Waals surface area contributed by atoms with E-state index in [0.29, 0.717) is 6.54 Å². The summed E-state index contributed by atoms with van der Waals surface area (Å²) in [6.07, 6.45) is 3.68. The lowest BCUT2D eigenvalue weighted by Crippen LogP contribution is -1.95. The number of imidazole rings is 1. The summed E-state index contributed by atoms with van der Waals surface area (Å²) in [7, 11) is 0. The standard InChI is InChI=1S/C14H14N4/c1-10-2-4-11(5-3-10)13-6-14-17-12(7-15)8-18(14)9-16-13/h2-6,8-9H,7,15H2,1H3. The highest BCUT2D eigenvalue weighted by molar-refractivity contribution is 5.63. The zero-order valence-corrected chi connectivity index (χ0v) is 10.2. The lowest BCUT2D eigenvalue weighted by molar-refractivity contribution is 1.01. The minimum absolute atomic E-state index is 0.446. The quantitative estimate of drug-likeness (QED) is 0.744. The van der Waals surface area contributed by atoms with Gasteiger partial charge < -0.3 is 5.73 Å². The number of hydrogen-bond donors (Lipinski definition) is 1. The summed E-state index contributed by atoms with van der Waals surface area (Å²) in [5.41, 5.74) is 10.6. The Labute approximate surface area is 105 Å². The Kier molecular flexibility index (Phi) is 2.57. The van der Waals surface area contributed by atoms with Crippen LogP contribution in [0.15, 0.2) is 42.9 Å². The van der Waals surface area contributed by atoms with E-state index in [-0.39, 0.29) is 0 Å². The third kappa shape index (κ3) is 1.87. The van der Waals surface area contributed by atoms with E-state index in [1.165, 1.54) is 5.56 Å². The van der Waals surface area contributed by atoms with Crippen molar-refractivity contribution in [3.8, 4) is 11.3 Å². The van der Waals surface area contributed by atoms with Crippen molar-refractivity contribution in [2.75, 3.05) is 0 Å². The summed E-state index contributed by atoms with van der Waals surface area (Å²) < 4.78 is 1.89. The first-order chi connectivity index (χ1) is 8.76. The van der Waals surface area contributed by atoms with Crippen LogP contribution in [0.25, 0.3) is 16.9 Å². The Balaban J connectivity index is 2.09. The Morgan fingerprint density at radius 3 is 2.72 bits per heavy atom. The summed E-state index contributed by atoms with van der Waals surface area (Å²) in [6, 6.07) is 10.3. The minimum Gasteiger partial charge on any atom is -0.325 e. The van der Waals surface area contributed by atoms with Gasteiger partial charge in [0, 0.05) is 24.4 Å². The molecule has 18 heavy (non-hydrogen) atoms. The number of benzene rings is 1. The smallest absolute Gasteiger partial charge is 0.140 e. The Bertz CT molecular complexity index is 683. The van der Waals surface area contributed by atoms with E-state index in [1.807, 2.05) is 16.7 Å². The lowest BCUT2D eigenvalue weighted by Gasteiger charge is -2.01. The van der Waals surface area contributed by atoms with Crippen molar-refractivity contribution in [1.29, 1.82) is 0 Å². The second kappa shape index (κ2) is 4.23. The molecule has 0 radical (unpaired) electrons. The summed E-state index contributed by atoms with van der Waals surface area (Å²) >= 11 is 0. The highest BCUT2D eigenvalue weighted by Gasteiger charge is 2.04. The van der Waals surface area contributed by atoms with E-state index in [1.54, 1.807) is 6.33 Å². The van der Waals surface area contributed by atoms with Crippen molar-refractivity contribution in [1.82, 2.24) is 14.4 Å². The van der Waals surface area contributed by atoms with Gasteiger partial charge in [-0.1, -0.05) is 29.8 Å². The van der Waals surface area contributed by atoms with Crippen LogP contribution < -0.4 is 5.73 Å². The second-order valence-corrected chi connectivity index (χ2v) is 4.34. The molecule has 0 bridgehead atoms. The van der Waals surface area contributed by atoms with Crippen LogP contribution in [-0.2, 0) is 6.54 Å². The molecule has 0 aliphatic carbocycles. The molecule has 3 aromatic rings. The molecule has 3 rings (SSSR count). The topological polar surface area (TPSA) is 56.2 Å². The van der Waals surface area contributed by atoms with Gasteiger partial charge in [-0.15, -0.1) is 0 Å². The van der Waals surface area contributed by atoms with Gasteiger partial charge in [0.1, 0.15) is 12.0 Å². The first-order valence-electron chi connectivity index (χ1n) is 5.87. The van der Waals surface area contributed by atoms with E-state index < -0.39 is 0 Å². The van der Waals surface area contributed by atoms with Gasteiger partial charge in [0.2, 0.25) is 0 Å². The number of rotatable bonds is 2. The van der Waals surface area contributed by atoms with E-state index in [2.05, 4.69) is 41.2 Å². The maximum absolute atomic E-state index is 5.58. The predicted molar refractivity (Wildman–Crippen MR) is 71.1 cm³/mol. The monoisotopic (exact) mass is 238 g/mol. The molecule has 4 nitrogen and oxygen atoms in total. The third-order valence-electron chi connectivity index (χ3n) is 2.95. The Morgan fingerprint density at radius 2 is 2.00 bits per heavy atom. The fraction of sp³-hybridized carbons (Fsp3) is 0.143. The molecule has 0 aliphatic heterocycles. The molecule has 0 spiro atoms. The highest BCUT2D eigenvalue weighted by Crippen LogP contribution is 2.18. The second-order valence-electron chi connectivity index (χ2n) is 4.34. The van der Waals surface area contributed by atoms with E-state index in [0.717, 1.165) is 22.6 Å². The molecule has 0 saturated carbocycles. The zero-order valence-electron chi connectivity index (χ0n) is 10.2. The van der Waals surface area contributed by atoms with Crippen molar-refractivity contribution >= 4 is 5.65 Å². The van der Waals surface area contributed by atoms with Crippen LogP contribution >= 0.6 is 0 Å². The zero-order chi connectivity index (χ0) is 12.5. The molecule has 0 amide bonds. The fourth-order valence-electron chi connectivity index (χ4n) is 1.92. The van der Waals surface area contributed by atoms with Gasteiger partial charge in [0.25, 0.3) is 0 Å². The molecule has 0 atom stereocenters. The number of aromatic nitrogens is 3. The fourth-order valence-corrected chi connectivity index (χ4v) is 1.92. The Morgan fingerprint density at radius 1 is 1.22 bits per heavy atom. The molecule has 0 fully saturated rings. The average Bonchev–Trinajstić information content (AvgIpc) is 2.81. The number of fused-ring (bicyclic) bond motifs is 1. The van der Waals surface area contributed by atoms with Crippen LogP contribution in [0.1, 0.15) is 11.3 Å². The first kappa shape index (κ1) is 10.9. The van der Waals surface area contributed by atoms with Gasteiger partial charge in [-0.05, 0) is 6.92 Å². The minimum atomic E-state index is 0.446. The maximum Gasteiger partial charge on any atom is 0.140 e. The molecule has 2 heterocycles. The van der Waals surface area contributed by atoms with E-state index in [9.17, 15) is 0 Å². The van der Waals surface area contributed by atoms with Crippen LogP contribution in [0.2, 0.25) is 0 Å². The lowest BCUT2D eigenvalue weighted by atomic mass is 10.1. The van der Waals surface area contributed by atoms with Gasteiger partial charge in [-0.2, -0.15) is 0 Å². The van der Waals surface area contributed by atoms with Crippen LogP contribution in [0.3, 0.4) is 0 Å². The highest BCUT2D eigenvalue weighted by atomic mass is 15.0. The van der Waals surface area contributed by atoms with Gasteiger partial charge in [0.05, 0.1) is 11.4 Å². The number of nitrogens with two attached hydrogens (primary N) is 1. The summed E-state index contributed by atoms with van der Waals surface area (Å²) in [6.45, 7) is 2.52. The van der Waals surface area contributed by atoms with Gasteiger partial charge in [0.15, 0.2) is 0 Å². The van der Waals surface area contributed by atoms with Crippen molar-refractivity contribution in [2.45, 2.75) is 13.5 Å². The third-order valence-corrected chi connectivity index (χ3v) is 2.95. The van der Waals surface area contributed by atoms with Crippen LogP contribution in [0.4, 0.5) is 0 Å². The normalized spacial score (nSPS) is 11.0. The van der Waals surface area contributed by atoms with Crippen LogP contribution in [0.5, 0.6) is 0 Å². The molecule has 1 aromatic carbocycles. The van der Waals surface area contributed by atoms with Crippen LogP contribution in [0, 0.1) is 6.92 Å². The number of nitrogens with zero attached hydrogens (tertiary/aromatic N) is 3. The Hall–Kier alpha value is -2.20. The predicted octanol–water partition coefficient (Wildman–Crippen LogP) is 2.16. The van der Waals surface area contributed by atoms with Crippen LogP contribution in [-0.4, -0.2) is 14.4 Å². The molecule has 4 heteroatoms. The largest absolute Gasteiger partial charge is 0.325 e. The van der Waals surface area contributed by atoms with E-state index >= 15 is 0 Å². The summed E-state index contributed by atoms with van der Waals surface area (Å²) in [4.78, 5) is 8.87. The molecular formula is C14H14N4. The van der Waals surface area contributed by atoms with E-state index in [4.69, 9.17) is 5.73 Å². The van der Waals surface area contributed by atoms with Crippen molar-refractivity contribution in [3.63, 3.8) is 0 Å². The maximum atomic E-state index is 5.58. The van der Waals surface area contributed by atoms with Gasteiger partial charge >= 0.3 is 0 Å². The molecule has 90 valence electrons. The van der Waals surface area contributed by atoms with Crippen molar-refractivity contribution < 1.29 is 0 Å². The molecule has 2 aromatic heterocycles.